The van der Waals surface area contributed by atoms with Gasteiger partial charge in [-0.25, -0.2) is 14.2 Å². The number of hydrogen-bond acceptors (Lipinski definition) is 5. The number of pyridine rings is 1. The molecule has 3 rings (SSSR count). The van der Waals surface area contributed by atoms with Gasteiger partial charge in [0.05, 0.1) is 5.56 Å². The van der Waals surface area contributed by atoms with Crippen LogP contribution in [0.25, 0.3) is 0 Å². The molecule has 0 saturated heterocycles. The average Bonchev–Trinajstić information content (AvgIpc) is 2.74. The second-order valence-corrected chi connectivity index (χ2v) is 6.55. The fourth-order valence-corrected chi connectivity index (χ4v) is 3.06. The van der Waals surface area contributed by atoms with E-state index in [0.717, 1.165) is 0 Å². The summed E-state index contributed by atoms with van der Waals surface area (Å²) in [6.07, 6.45) is 2.21. The predicted molar refractivity (Wildman–Crippen MR) is 106 cm³/mol. The monoisotopic (exact) mass is 396 g/mol. The summed E-state index contributed by atoms with van der Waals surface area (Å²) in [5.41, 5.74) is 1.20. The number of amides is 1. The fraction of sp³-hybridized carbons (Fsp3) is 0.0952. The first-order chi connectivity index (χ1) is 13.6. The number of carbonyl (C=O) groups excluding carboxylic acids is 2. The minimum atomic E-state index is -1.17. The molecule has 0 fully saturated rings. The van der Waals surface area contributed by atoms with E-state index < -0.39 is 23.8 Å². The summed E-state index contributed by atoms with van der Waals surface area (Å²) in [6.45, 7) is 0. The number of rotatable bonds is 6. The Morgan fingerprint density at radius 2 is 1.75 bits per heavy atom. The number of esters is 1. The van der Waals surface area contributed by atoms with Gasteiger partial charge in [0.1, 0.15) is 10.8 Å². The molecule has 2 aromatic carbocycles. The third kappa shape index (κ3) is 4.75. The average molecular weight is 396 g/mol. The van der Waals surface area contributed by atoms with Gasteiger partial charge in [0.2, 0.25) is 6.10 Å². The maximum absolute atomic E-state index is 13.1. The third-order valence-electron chi connectivity index (χ3n) is 3.86. The van der Waals surface area contributed by atoms with Gasteiger partial charge in [-0.05, 0) is 42.7 Å². The molecule has 5 nitrogen and oxygen atoms in total. The zero-order valence-corrected chi connectivity index (χ0v) is 15.8. The number of hydrogen-bond donors (Lipinski definition) is 1. The molecule has 3 aromatic rings. The number of benzene rings is 2. The van der Waals surface area contributed by atoms with Gasteiger partial charge in [-0.2, -0.15) is 0 Å². The Morgan fingerprint density at radius 3 is 2.43 bits per heavy atom. The van der Waals surface area contributed by atoms with Crippen LogP contribution in [0.4, 0.5) is 10.1 Å². The number of thioether (sulfide) groups is 1. The van der Waals surface area contributed by atoms with E-state index in [0.29, 0.717) is 16.3 Å². The number of anilines is 1. The third-order valence-corrected chi connectivity index (χ3v) is 4.57. The van der Waals surface area contributed by atoms with Crippen molar-refractivity contribution in [3.63, 3.8) is 0 Å². The first-order valence-electron chi connectivity index (χ1n) is 8.40. The van der Waals surface area contributed by atoms with E-state index in [1.807, 2.05) is 0 Å². The number of nitrogens with one attached hydrogen (secondary N) is 1. The van der Waals surface area contributed by atoms with E-state index in [4.69, 9.17) is 4.74 Å². The van der Waals surface area contributed by atoms with Crippen molar-refractivity contribution in [3.05, 3.63) is 89.9 Å². The quantitative estimate of drug-likeness (QED) is 0.491. The van der Waals surface area contributed by atoms with E-state index in [2.05, 4.69) is 10.3 Å². The summed E-state index contributed by atoms with van der Waals surface area (Å²) in [4.78, 5) is 29.7. The van der Waals surface area contributed by atoms with Crippen molar-refractivity contribution < 1.29 is 18.7 Å². The molecule has 1 aromatic heterocycles. The predicted octanol–water partition coefficient (Wildman–Crippen LogP) is 4.48. The molecule has 1 amide bonds. The fourth-order valence-electron chi connectivity index (χ4n) is 2.52. The molecule has 0 aliphatic rings. The summed E-state index contributed by atoms with van der Waals surface area (Å²) < 4.78 is 18.6. The van der Waals surface area contributed by atoms with Crippen molar-refractivity contribution in [2.24, 2.45) is 0 Å². The lowest BCUT2D eigenvalue weighted by Gasteiger charge is -2.18. The molecule has 0 radical (unpaired) electrons. The topological polar surface area (TPSA) is 68.3 Å². The Morgan fingerprint density at radius 1 is 1.04 bits per heavy atom. The Kier molecular flexibility index (Phi) is 6.39. The van der Waals surface area contributed by atoms with Crippen molar-refractivity contribution in [1.29, 1.82) is 0 Å². The lowest BCUT2D eigenvalue weighted by atomic mass is 10.1. The molecule has 0 spiro atoms. The van der Waals surface area contributed by atoms with E-state index in [-0.39, 0.29) is 5.56 Å². The standard InChI is InChI=1S/C21H17FN2O3S/c1-28-20-17(8-5-13-23-20)21(26)27-18(14-6-3-2-4-7-14)19(25)24-16-11-9-15(22)10-12-16/h2-13,18H,1H3,(H,24,25)/t18-/m1/s1. The minimum Gasteiger partial charge on any atom is -0.444 e. The van der Waals surface area contributed by atoms with Crippen LogP contribution in [0.1, 0.15) is 22.0 Å². The van der Waals surface area contributed by atoms with Crippen LogP contribution in [0.5, 0.6) is 0 Å². The van der Waals surface area contributed by atoms with Crippen LogP contribution in [0.2, 0.25) is 0 Å². The van der Waals surface area contributed by atoms with Gasteiger partial charge in [0.15, 0.2) is 0 Å². The van der Waals surface area contributed by atoms with E-state index >= 15 is 0 Å². The SMILES string of the molecule is CSc1ncccc1C(=O)O[C@@H](C(=O)Nc1ccc(F)cc1)c1ccccc1. The molecule has 1 N–H and O–H groups in total. The van der Waals surface area contributed by atoms with Crippen LogP contribution in [-0.2, 0) is 9.53 Å². The molecule has 0 aliphatic heterocycles. The minimum absolute atomic E-state index is 0.283. The van der Waals surface area contributed by atoms with E-state index in [1.54, 1.807) is 54.9 Å². The summed E-state index contributed by atoms with van der Waals surface area (Å²) in [5, 5.41) is 3.16. The Labute approximate surface area is 166 Å². The van der Waals surface area contributed by atoms with Crippen LogP contribution in [0.3, 0.4) is 0 Å². The Balaban J connectivity index is 1.86. The van der Waals surface area contributed by atoms with Gasteiger partial charge in [-0.3, -0.25) is 4.79 Å². The number of nitrogens with zero attached hydrogens (tertiary/aromatic N) is 1. The smallest absolute Gasteiger partial charge is 0.342 e. The van der Waals surface area contributed by atoms with Gasteiger partial charge >= 0.3 is 5.97 Å². The number of aromatic nitrogens is 1. The number of halogens is 1. The molecule has 7 heteroatoms. The van der Waals surface area contributed by atoms with Crippen molar-refractivity contribution in [3.8, 4) is 0 Å². The Hall–Kier alpha value is -3.19. The van der Waals surface area contributed by atoms with Crippen molar-refractivity contribution >= 4 is 29.3 Å². The van der Waals surface area contributed by atoms with E-state index in [9.17, 15) is 14.0 Å². The summed E-state index contributed by atoms with van der Waals surface area (Å²) in [5.74, 6) is -1.61. The zero-order valence-electron chi connectivity index (χ0n) is 15.0. The highest BCUT2D eigenvalue weighted by Gasteiger charge is 2.27. The van der Waals surface area contributed by atoms with Crippen molar-refractivity contribution in [2.45, 2.75) is 11.1 Å². The lowest BCUT2D eigenvalue weighted by Crippen LogP contribution is -2.26. The van der Waals surface area contributed by atoms with Gasteiger partial charge in [0, 0.05) is 17.4 Å². The van der Waals surface area contributed by atoms with Gasteiger partial charge in [-0.1, -0.05) is 30.3 Å². The molecule has 0 unspecified atom stereocenters. The molecule has 0 saturated carbocycles. The molecular formula is C21H17FN2O3S. The molecule has 28 heavy (non-hydrogen) atoms. The molecule has 0 aliphatic carbocycles. The van der Waals surface area contributed by atoms with Crippen LogP contribution in [-0.4, -0.2) is 23.1 Å². The van der Waals surface area contributed by atoms with Crippen molar-refractivity contribution in [1.82, 2.24) is 4.98 Å². The molecule has 1 atom stereocenters. The second-order valence-electron chi connectivity index (χ2n) is 5.75. The van der Waals surface area contributed by atoms with E-state index in [1.165, 1.54) is 36.0 Å². The highest BCUT2D eigenvalue weighted by Crippen LogP contribution is 2.24. The maximum atomic E-state index is 13.1. The largest absolute Gasteiger partial charge is 0.444 e. The number of ether oxygens (including phenoxy) is 1. The van der Waals surface area contributed by atoms with Crippen LogP contribution >= 0.6 is 11.8 Å². The first-order valence-corrected chi connectivity index (χ1v) is 9.62. The van der Waals surface area contributed by atoms with Crippen LogP contribution in [0.15, 0.2) is 78.0 Å². The molecular weight excluding hydrogens is 379 g/mol. The molecule has 0 bridgehead atoms. The second kappa shape index (κ2) is 9.14. The Bertz CT molecular complexity index is 965. The summed E-state index contributed by atoms with van der Waals surface area (Å²) >= 11 is 1.31. The van der Waals surface area contributed by atoms with Crippen LogP contribution in [0, 0.1) is 5.82 Å². The summed E-state index contributed by atoms with van der Waals surface area (Å²) in [7, 11) is 0. The normalized spacial score (nSPS) is 11.5. The maximum Gasteiger partial charge on any atom is 0.342 e. The van der Waals surface area contributed by atoms with Crippen molar-refractivity contribution in [2.75, 3.05) is 11.6 Å². The molecule has 1 heterocycles. The molecule has 142 valence electrons. The van der Waals surface area contributed by atoms with Gasteiger partial charge in [-0.15, -0.1) is 11.8 Å². The highest BCUT2D eigenvalue weighted by molar-refractivity contribution is 7.98. The zero-order chi connectivity index (χ0) is 19.9. The first kappa shape index (κ1) is 19.6. The van der Waals surface area contributed by atoms with Gasteiger partial charge < -0.3 is 10.1 Å². The number of carbonyl (C=O) groups is 2. The van der Waals surface area contributed by atoms with Gasteiger partial charge in [0.25, 0.3) is 5.91 Å². The van der Waals surface area contributed by atoms with Crippen LogP contribution < -0.4 is 5.32 Å². The lowest BCUT2D eigenvalue weighted by molar-refractivity contribution is -0.125. The summed E-state index contributed by atoms with van der Waals surface area (Å²) in [6, 6.07) is 17.3. The highest BCUT2D eigenvalue weighted by atomic mass is 32.2.